The molecule has 8 heteroatoms. The largest absolute Gasteiger partial charge is 0.496 e. The lowest BCUT2D eigenvalue weighted by atomic mass is 10.1. The summed E-state index contributed by atoms with van der Waals surface area (Å²) >= 11 is 5.04. The van der Waals surface area contributed by atoms with Crippen LogP contribution in [0.4, 0.5) is 11.4 Å². The number of aryl methyl sites for hydroxylation is 1. The van der Waals surface area contributed by atoms with Crippen LogP contribution in [-0.2, 0) is 4.79 Å². The Morgan fingerprint density at radius 2 is 1.92 bits per heavy atom. The standard InChI is InChI=1S/C18H17N3O4S/c1-12-3-5-13(6-4-12)7-10-17(22)20-18(26)19-15-9-8-14(25-2)11-16(15)21(23)24/h3-11H,1-2H3,(H2,19,20,22,26). The second-order valence-electron chi connectivity index (χ2n) is 5.33. The van der Waals surface area contributed by atoms with E-state index < -0.39 is 10.8 Å². The van der Waals surface area contributed by atoms with Crippen LogP contribution in [0.3, 0.4) is 0 Å². The van der Waals surface area contributed by atoms with Crippen molar-refractivity contribution in [2.75, 3.05) is 12.4 Å². The van der Waals surface area contributed by atoms with Gasteiger partial charge in [0.05, 0.1) is 18.1 Å². The number of carbonyl (C=O) groups excluding carboxylic acids is 1. The summed E-state index contributed by atoms with van der Waals surface area (Å²) in [5.41, 5.74) is 1.94. The van der Waals surface area contributed by atoms with Gasteiger partial charge in [-0.1, -0.05) is 29.8 Å². The topological polar surface area (TPSA) is 93.5 Å². The lowest BCUT2D eigenvalue weighted by molar-refractivity contribution is -0.384. The molecule has 2 N–H and O–H groups in total. The summed E-state index contributed by atoms with van der Waals surface area (Å²) in [6.45, 7) is 1.97. The predicted molar refractivity (Wildman–Crippen MR) is 104 cm³/mol. The van der Waals surface area contributed by atoms with Gasteiger partial charge >= 0.3 is 0 Å². The van der Waals surface area contributed by atoms with Crippen LogP contribution in [0.1, 0.15) is 11.1 Å². The third-order valence-electron chi connectivity index (χ3n) is 3.39. The lowest BCUT2D eigenvalue weighted by Gasteiger charge is -2.09. The van der Waals surface area contributed by atoms with Crippen molar-refractivity contribution in [3.63, 3.8) is 0 Å². The van der Waals surface area contributed by atoms with Crippen molar-refractivity contribution in [2.24, 2.45) is 0 Å². The zero-order valence-corrected chi connectivity index (χ0v) is 15.0. The first kappa shape index (κ1) is 19.1. The Hall–Kier alpha value is -3.26. The monoisotopic (exact) mass is 371 g/mol. The minimum absolute atomic E-state index is 0.0446. The normalized spacial score (nSPS) is 10.4. The van der Waals surface area contributed by atoms with Gasteiger partial charge in [-0.05, 0) is 42.9 Å². The highest BCUT2D eigenvalue weighted by molar-refractivity contribution is 7.80. The van der Waals surface area contributed by atoms with Crippen molar-refractivity contribution < 1.29 is 14.5 Å². The van der Waals surface area contributed by atoms with Crippen LogP contribution in [-0.4, -0.2) is 23.1 Å². The highest BCUT2D eigenvalue weighted by atomic mass is 32.1. The Morgan fingerprint density at radius 1 is 1.23 bits per heavy atom. The molecule has 0 aliphatic rings. The molecule has 2 rings (SSSR count). The SMILES string of the molecule is COc1ccc(NC(=S)NC(=O)C=Cc2ccc(C)cc2)c([N+](=O)[O-])c1. The number of anilines is 1. The number of thiocarbonyl (C=S) groups is 1. The van der Waals surface area contributed by atoms with Gasteiger partial charge in [-0.3, -0.25) is 20.2 Å². The fraction of sp³-hybridized carbons (Fsp3) is 0.111. The number of amides is 1. The fourth-order valence-electron chi connectivity index (χ4n) is 2.05. The van der Waals surface area contributed by atoms with E-state index in [1.165, 1.54) is 25.3 Å². The number of methoxy groups -OCH3 is 1. The molecule has 0 heterocycles. The number of benzene rings is 2. The molecule has 0 saturated heterocycles. The molecule has 0 radical (unpaired) electrons. The van der Waals surface area contributed by atoms with Crippen LogP contribution in [0.5, 0.6) is 5.75 Å². The number of nitrogens with one attached hydrogen (secondary N) is 2. The van der Waals surface area contributed by atoms with Crippen molar-refractivity contribution in [3.05, 3.63) is 69.8 Å². The van der Waals surface area contributed by atoms with E-state index in [1.54, 1.807) is 12.1 Å². The molecule has 0 aliphatic heterocycles. The fourth-order valence-corrected chi connectivity index (χ4v) is 2.26. The smallest absolute Gasteiger partial charge is 0.296 e. The summed E-state index contributed by atoms with van der Waals surface area (Å²) < 4.78 is 4.97. The van der Waals surface area contributed by atoms with Crippen LogP contribution in [0.15, 0.2) is 48.5 Å². The molecule has 0 fully saturated rings. The van der Waals surface area contributed by atoms with Gasteiger partial charge in [-0.2, -0.15) is 0 Å². The molecule has 7 nitrogen and oxygen atoms in total. The number of rotatable bonds is 5. The maximum atomic E-state index is 11.9. The van der Waals surface area contributed by atoms with E-state index in [9.17, 15) is 14.9 Å². The molecule has 2 aromatic rings. The molecule has 0 unspecified atom stereocenters. The Bertz CT molecular complexity index is 863. The van der Waals surface area contributed by atoms with Gasteiger partial charge in [-0.15, -0.1) is 0 Å². The van der Waals surface area contributed by atoms with Crippen LogP contribution < -0.4 is 15.4 Å². The van der Waals surface area contributed by atoms with Crippen LogP contribution in [0, 0.1) is 17.0 Å². The average molecular weight is 371 g/mol. The molecule has 0 aromatic heterocycles. The average Bonchev–Trinajstić information content (AvgIpc) is 2.61. The number of nitro benzene ring substituents is 1. The van der Waals surface area contributed by atoms with Crippen LogP contribution in [0.2, 0.25) is 0 Å². The van der Waals surface area contributed by atoms with Gasteiger partial charge in [0, 0.05) is 6.08 Å². The summed E-state index contributed by atoms with van der Waals surface area (Å²) in [6.07, 6.45) is 2.98. The molecular weight excluding hydrogens is 354 g/mol. The second-order valence-corrected chi connectivity index (χ2v) is 5.74. The summed E-state index contributed by atoms with van der Waals surface area (Å²) in [4.78, 5) is 22.5. The summed E-state index contributed by atoms with van der Waals surface area (Å²) in [6, 6.07) is 11.9. The lowest BCUT2D eigenvalue weighted by Crippen LogP contribution is -2.33. The van der Waals surface area contributed by atoms with Gasteiger partial charge in [-0.25, -0.2) is 0 Å². The molecule has 1 amide bonds. The molecule has 0 aliphatic carbocycles. The molecule has 0 bridgehead atoms. The van der Waals surface area contributed by atoms with Crippen molar-refractivity contribution in [1.82, 2.24) is 5.32 Å². The van der Waals surface area contributed by atoms with E-state index in [0.717, 1.165) is 11.1 Å². The van der Waals surface area contributed by atoms with Gasteiger partial charge in [0.1, 0.15) is 11.4 Å². The number of nitro groups is 1. The van der Waals surface area contributed by atoms with E-state index in [-0.39, 0.29) is 16.5 Å². The maximum Gasteiger partial charge on any atom is 0.296 e. The molecule has 0 atom stereocenters. The molecule has 134 valence electrons. The van der Waals surface area contributed by atoms with Crippen molar-refractivity contribution >= 4 is 40.7 Å². The second kappa shape index (κ2) is 8.72. The first-order valence-corrected chi connectivity index (χ1v) is 7.99. The Balaban J connectivity index is 2.01. The van der Waals surface area contributed by atoms with E-state index in [2.05, 4.69) is 10.6 Å². The minimum Gasteiger partial charge on any atom is -0.496 e. The van der Waals surface area contributed by atoms with Gasteiger partial charge < -0.3 is 10.1 Å². The van der Waals surface area contributed by atoms with Crippen molar-refractivity contribution in [2.45, 2.75) is 6.92 Å². The highest BCUT2D eigenvalue weighted by Crippen LogP contribution is 2.28. The third kappa shape index (κ3) is 5.38. The van der Waals surface area contributed by atoms with Gasteiger partial charge in [0.15, 0.2) is 5.11 Å². The van der Waals surface area contributed by atoms with E-state index in [1.807, 2.05) is 31.2 Å². The summed E-state index contributed by atoms with van der Waals surface area (Å²) in [5.74, 6) is -0.0996. The van der Waals surface area contributed by atoms with E-state index in [0.29, 0.717) is 5.75 Å². The highest BCUT2D eigenvalue weighted by Gasteiger charge is 2.16. The first-order chi connectivity index (χ1) is 12.4. The van der Waals surface area contributed by atoms with Gasteiger partial charge in [0.25, 0.3) is 5.69 Å². The van der Waals surface area contributed by atoms with Crippen molar-refractivity contribution in [1.29, 1.82) is 0 Å². The summed E-state index contributed by atoms with van der Waals surface area (Å²) in [7, 11) is 1.41. The van der Waals surface area contributed by atoms with Crippen molar-refractivity contribution in [3.8, 4) is 5.75 Å². The molecule has 0 saturated carbocycles. The van der Waals surface area contributed by atoms with E-state index in [4.69, 9.17) is 17.0 Å². The maximum absolute atomic E-state index is 11.9. The minimum atomic E-state index is -0.563. The first-order valence-electron chi connectivity index (χ1n) is 7.58. The Kier molecular flexibility index (Phi) is 6.40. The molecule has 0 spiro atoms. The van der Waals surface area contributed by atoms with E-state index >= 15 is 0 Å². The van der Waals surface area contributed by atoms with Crippen LogP contribution >= 0.6 is 12.2 Å². The molecule has 2 aromatic carbocycles. The molecular formula is C18H17N3O4S. The quantitative estimate of drug-likeness (QED) is 0.362. The number of ether oxygens (including phenoxy) is 1. The number of carbonyl (C=O) groups is 1. The van der Waals surface area contributed by atoms with Crippen LogP contribution in [0.25, 0.3) is 6.08 Å². The molecule has 26 heavy (non-hydrogen) atoms. The Morgan fingerprint density at radius 3 is 2.54 bits per heavy atom. The predicted octanol–water partition coefficient (Wildman–Crippen LogP) is 3.44. The summed E-state index contributed by atoms with van der Waals surface area (Å²) in [5, 5.41) is 16.2. The zero-order chi connectivity index (χ0) is 19.1. The number of nitrogens with zero attached hydrogens (tertiary/aromatic N) is 1. The Labute approximate surface area is 155 Å². The number of hydrogen-bond donors (Lipinski definition) is 2. The van der Waals surface area contributed by atoms with Gasteiger partial charge in [0.2, 0.25) is 5.91 Å². The zero-order valence-electron chi connectivity index (χ0n) is 14.2. The third-order valence-corrected chi connectivity index (χ3v) is 3.60. The number of hydrogen-bond acceptors (Lipinski definition) is 5.